The second kappa shape index (κ2) is 8.93. The summed E-state index contributed by atoms with van der Waals surface area (Å²) < 4.78 is 10.5. The van der Waals surface area contributed by atoms with Crippen molar-refractivity contribution >= 4 is 6.03 Å². The first-order valence-corrected chi connectivity index (χ1v) is 7.82. The van der Waals surface area contributed by atoms with Crippen molar-refractivity contribution in [2.75, 3.05) is 21.3 Å². The largest absolute Gasteiger partial charge is 0.496 e. The zero-order chi connectivity index (χ0) is 17.4. The van der Waals surface area contributed by atoms with Crippen molar-refractivity contribution in [1.29, 1.82) is 0 Å². The highest BCUT2D eigenvalue weighted by atomic mass is 16.5. The molecule has 0 aromatic heterocycles. The quantitative estimate of drug-likeness (QED) is 0.849. The molecular formula is C19H24N2O3. The molecule has 0 saturated carbocycles. The standard InChI is InChI=1S/C19H24N2O3/c1-21(13-16-9-6-7-11-18(16)24-3)19(22)20-12-15-8-4-5-10-17(15)14-23-2/h4-11H,12-14H2,1-3H3,(H,20,22). The molecule has 2 amide bonds. The summed E-state index contributed by atoms with van der Waals surface area (Å²) in [5.74, 6) is 0.780. The van der Waals surface area contributed by atoms with Gasteiger partial charge >= 0.3 is 6.03 Å². The van der Waals surface area contributed by atoms with E-state index in [1.54, 1.807) is 26.2 Å². The molecule has 2 rings (SSSR count). The minimum Gasteiger partial charge on any atom is -0.496 e. The van der Waals surface area contributed by atoms with Gasteiger partial charge in [0.15, 0.2) is 0 Å². The molecule has 24 heavy (non-hydrogen) atoms. The van der Waals surface area contributed by atoms with E-state index in [0.717, 1.165) is 22.4 Å². The molecule has 0 aliphatic rings. The van der Waals surface area contributed by atoms with E-state index in [1.807, 2.05) is 48.5 Å². The highest BCUT2D eigenvalue weighted by Gasteiger charge is 2.12. The van der Waals surface area contributed by atoms with Crippen LogP contribution in [0.2, 0.25) is 0 Å². The molecule has 0 spiro atoms. The van der Waals surface area contributed by atoms with Crippen LogP contribution in [0.1, 0.15) is 16.7 Å². The maximum atomic E-state index is 12.3. The minimum atomic E-state index is -0.131. The van der Waals surface area contributed by atoms with E-state index in [4.69, 9.17) is 9.47 Å². The summed E-state index contributed by atoms with van der Waals surface area (Å²) in [5.41, 5.74) is 3.10. The lowest BCUT2D eigenvalue weighted by atomic mass is 10.1. The number of methoxy groups -OCH3 is 2. The third kappa shape index (κ3) is 4.73. The Balaban J connectivity index is 1.95. The molecule has 0 aliphatic heterocycles. The first-order chi connectivity index (χ1) is 11.7. The molecular weight excluding hydrogens is 304 g/mol. The van der Waals surface area contributed by atoms with Crippen LogP contribution in [0.5, 0.6) is 5.75 Å². The van der Waals surface area contributed by atoms with Crippen LogP contribution >= 0.6 is 0 Å². The molecule has 0 heterocycles. The van der Waals surface area contributed by atoms with E-state index in [-0.39, 0.29) is 6.03 Å². The Morgan fingerprint density at radius 2 is 1.62 bits per heavy atom. The highest BCUT2D eigenvalue weighted by molar-refractivity contribution is 5.74. The van der Waals surface area contributed by atoms with Crippen molar-refractivity contribution in [2.45, 2.75) is 19.7 Å². The molecule has 0 atom stereocenters. The van der Waals surface area contributed by atoms with E-state index >= 15 is 0 Å². The Morgan fingerprint density at radius 3 is 2.29 bits per heavy atom. The zero-order valence-electron chi connectivity index (χ0n) is 14.4. The Bertz CT molecular complexity index is 673. The number of amides is 2. The van der Waals surface area contributed by atoms with Gasteiger partial charge in [0.2, 0.25) is 0 Å². The van der Waals surface area contributed by atoms with Crippen molar-refractivity contribution in [3.8, 4) is 5.75 Å². The molecule has 0 fully saturated rings. The molecule has 2 aromatic rings. The van der Waals surface area contributed by atoms with Gasteiger partial charge in [-0.3, -0.25) is 0 Å². The van der Waals surface area contributed by atoms with Crippen LogP contribution in [-0.2, 0) is 24.4 Å². The van der Waals surface area contributed by atoms with Crippen LogP contribution in [0.4, 0.5) is 4.79 Å². The molecule has 5 nitrogen and oxygen atoms in total. The lowest BCUT2D eigenvalue weighted by Crippen LogP contribution is -2.36. The number of hydrogen-bond donors (Lipinski definition) is 1. The number of nitrogens with zero attached hydrogens (tertiary/aromatic N) is 1. The van der Waals surface area contributed by atoms with Crippen molar-refractivity contribution in [1.82, 2.24) is 10.2 Å². The smallest absolute Gasteiger partial charge is 0.317 e. The topological polar surface area (TPSA) is 50.8 Å². The van der Waals surface area contributed by atoms with Crippen LogP contribution < -0.4 is 10.1 Å². The molecule has 0 unspecified atom stereocenters. The van der Waals surface area contributed by atoms with Crippen LogP contribution in [0.25, 0.3) is 0 Å². The highest BCUT2D eigenvalue weighted by Crippen LogP contribution is 2.18. The number of nitrogens with one attached hydrogen (secondary N) is 1. The van der Waals surface area contributed by atoms with Gasteiger partial charge in [-0.1, -0.05) is 42.5 Å². The fraction of sp³-hybridized carbons (Fsp3) is 0.316. The summed E-state index contributed by atoms with van der Waals surface area (Å²) >= 11 is 0. The molecule has 0 saturated heterocycles. The summed E-state index contributed by atoms with van der Waals surface area (Å²) in [6.07, 6.45) is 0. The third-order valence-electron chi connectivity index (χ3n) is 3.80. The molecule has 2 aromatic carbocycles. The Morgan fingerprint density at radius 1 is 1.00 bits per heavy atom. The second-order valence-corrected chi connectivity index (χ2v) is 5.53. The number of carbonyl (C=O) groups is 1. The third-order valence-corrected chi connectivity index (χ3v) is 3.80. The minimum absolute atomic E-state index is 0.131. The number of benzene rings is 2. The molecule has 0 radical (unpaired) electrons. The zero-order valence-corrected chi connectivity index (χ0v) is 14.4. The lowest BCUT2D eigenvalue weighted by molar-refractivity contribution is 0.183. The first kappa shape index (κ1) is 17.8. The number of rotatable bonds is 7. The molecule has 0 aliphatic carbocycles. The summed E-state index contributed by atoms with van der Waals surface area (Å²) in [4.78, 5) is 14.0. The Hall–Kier alpha value is -2.53. The summed E-state index contributed by atoms with van der Waals surface area (Å²) in [5, 5.41) is 2.95. The van der Waals surface area contributed by atoms with Gasteiger partial charge in [0, 0.05) is 26.3 Å². The number of hydrogen-bond acceptors (Lipinski definition) is 3. The normalized spacial score (nSPS) is 10.3. The van der Waals surface area contributed by atoms with Gasteiger partial charge in [0.1, 0.15) is 5.75 Å². The van der Waals surface area contributed by atoms with Gasteiger partial charge in [-0.15, -0.1) is 0 Å². The predicted octanol–water partition coefficient (Wildman–Crippen LogP) is 3.18. The number of para-hydroxylation sites is 1. The predicted molar refractivity (Wildman–Crippen MR) is 93.9 cm³/mol. The number of ether oxygens (including phenoxy) is 2. The van der Waals surface area contributed by atoms with Gasteiger partial charge in [0.25, 0.3) is 0 Å². The van der Waals surface area contributed by atoms with Crippen molar-refractivity contribution in [2.24, 2.45) is 0 Å². The molecule has 0 bridgehead atoms. The van der Waals surface area contributed by atoms with Crippen molar-refractivity contribution in [3.63, 3.8) is 0 Å². The maximum absolute atomic E-state index is 12.3. The SMILES string of the molecule is COCc1ccccc1CNC(=O)N(C)Cc1ccccc1OC. The van der Waals surface area contributed by atoms with E-state index in [9.17, 15) is 4.79 Å². The van der Waals surface area contributed by atoms with Gasteiger partial charge in [0.05, 0.1) is 20.3 Å². The number of carbonyl (C=O) groups excluding carboxylic acids is 1. The lowest BCUT2D eigenvalue weighted by Gasteiger charge is -2.20. The average Bonchev–Trinajstić information content (AvgIpc) is 2.61. The van der Waals surface area contributed by atoms with Gasteiger partial charge < -0.3 is 19.7 Å². The first-order valence-electron chi connectivity index (χ1n) is 7.82. The van der Waals surface area contributed by atoms with E-state index in [2.05, 4.69) is 5.32 Å². The van der Waals surface area contributed by atoms with Gasteiger partial charge in [-0.05, 0) is 17.2 Å². The van der Waals surface area contributed by atoms with Crippen molar-refractivity contribution in [3.05, 3.63) is 65.2 Å². The van der Waals surface area contributed by atoms with E-state index < -0.39 is 0 Å². The Labute approximate surface area is 143 Å². The second-order valence-electron chi connectivity index (χ2n) is 5.53. The van der Waals surface area contributed by atoms with Crippen LogP contribution in [-0.4, -0.2) is 32.2 Å². The average molecular weight is 328 g/mol. The molecule has 1 N–H and O–H groups in total. The van der Waals surface area contributed by atoms with Crippen LogP contribution in [0.15, 0.2) is 48.5 Å². The number of urea groups is 1. The van der Waals surface area contributed by atoms with Crippen LogP contribution in [0, 0.1) is 0 Å². The fourth-order valence-electron chi connectivity index (χ4n) is 2.49. The molecule has 5 heteroatoms. The fourth-order valence-corrected chi connectivity index (χ4v) is 2.49. The van der Waals surface area contributed by atoms with E-state index in [0.29, 0.717) is 19.7 Å². The van der Waals surface area contributed by atoms with E-state index in [1.165, 1.54) is 0 Å². The van der Waals surface area contributed by atoms with Crippen LogP contribution in [0.3, 0.4) is 0 Å². The Kier molecular flexibility index (Phi) is 6.63. The summed E-state index contributed by atoms with van der Waals surface area (Å²) in [6, 6.07) is 15.5. The summed E-state index contributed by atoms with van der Waals surface area (Å²) in [6.45, 7) is 1.48. The maximum Gasteiger partial charge on any atom is 0.317 e. The monoisotopic (exact) mass is 328 g/mol. The summed E-state index contributed by atoms with van der Waals surface area (Å²) in [7, 11) is 5.06. The van der Waals surface area contributed by atoms with Gasteiger partial charge in [-0.2, -0.15) is 0 Å². The van der Waals surface area contributed by atoms with Gasteiger partial charge in [-0.25, -0.2) is 4.79 Å². The van der Waals surface area contributed by atoms with Crippen molar-refractivity contribution < 1.29 is 14.3 Å². The molecule has 128 valence electrons.